The van der Waals surface area contributed by atoms with E-state index in [1.54, 1.807) is 19.1 Å². The third-order valence-electron chi connectivity index (χ3n) is 6.75. The van der Waals surface area contributed by atoms with E-state index in [1.165, 1.54) is 12.7 Å². The van der Waals surface area contributed by atoms with E-state index >= 15 is 0 Å². The molecule has 0 saturated heterocycles. The van der Waals surface area contributed by atoms with E-state index in [-0.39, 0.29) is 29.4 Å². The molecule has 1 aliphatic rings. The quantitative estimate of drug-likeness (QED) is 0.429. The molecule has 0 unspecified atom stereocenters. The molecule has 2 atom stereocenters. The highest BCUT2D eigenvalue weighted by Crippen LogP contribution is 2.41. The zero-order chi connectivity index (χ0) is 25.3. The fraction of sp³-hybridized carbons (Fsp3) is 0.333. The van der Waals surface area contributed by atoms with Gasteiger partial charge in [-0.25, -0.2) is 4.79 Å². The fourth-order valence-electron chi connectivity index (χ4n) is 4.84. The van der Waals surface area contributed by atoms with Gasteiger partial charge < -0.3 is 15.0 Å². The molecule has 0 bridgehead atoms. The number of nitrogens with zero attached hydrogens (tertiary/aromatic N) is 1. The molecule has 1 N–H and O–H groups in total. The van der Waals surface area contributed by atoms with E-state index < -0.39 is 0 Å². The summed E-state index contributed by atoms with van der Waals surface area (Å²) < 4.78 is 4.81. The molecule has 182 valence electrons. The van der Waals surface area contributed by atoms with Gasteiger partial charge in [0.05, 0.1) is 18.7 Å². The van der Waals surface area contributed by atoms with Crippen LogP contribution in [0.5, 0.6) is 0 Å². The normalized spacial score (nSPS) is 17.5. The third kappa shape index (κ3) is 5.09. The molecule has 0 radical (unpaired) electrons. The van der Waals surface area contributed by atoms with E-state index in [2.05, 4.69) is 63.3 Å². The van der Waals surface area contributed by atoms with E-state index in [0.717, 1.165) is 34.5 Å². The van der Waals surface area contributed by atoms with Crippen LogP contribution in [0.1, 0.15) is 68.6 Å². The number of hydrogen-bond acceptors (Lipinski definition) is 4. The van der Waals surface area contributed by atoms with Crippen LogP contribution in [-0.2, 0) is 14.9 Å². The molecule has 0 saturated carbocycles. The summed E-state index contributed by atoms with van der Waals surface area (Å²) >= 11 is 0. The number of methoxy groups -OCH3 is 1. The number of fused-ring (bicyclic) bond motifs is 1. The highest BCUT2D eigenvalue weighted by Gasteiger charge is 2.32. The molecule has 0 aliphatic carbocycles. The number of ether oxygens (including phenoxy) is 1. The van der Waals surface area contributed by atoms with Crippen LogP contribution < -0.4 is 10.2 Å². The lowest BCUT2D eigenvalue weighted by molar-refractivity contribution is -0.117. The highest BCUT2D eigenvalue weighted by atomic mass is 16.5. The van der Waals surface area contributed by atoms with Crippen LogP contribution >= 0.6 is 0 Å². The maximum absolute atomic E-state index is 12.5. The van der Waals surface area contributed by atoms with Gasteiger partial charge in [-0.2, -0.15) is 0 Å². The van der Waals surface area contributed by atoms with E-state index in [9.17, 15) is 9.59 Å². The predicted molar refractivity (Wildman–Crippen MR) is 142 cm³/mol. The molecule has 0 spiro atoms. The van der Waals surface area contributed by atoms with Gasteiger partial charge >= 0.3 is 5.97 Å². The Bertz CT molecular complexity index is 1220. The number of anilines is 2. The number of carbonyl (C=O) groups excluding carboxylic acids is 2. The first-order valence-corrected chi connectivity index (χ1v) is 12.1. The van der Waals surface area contributed by atoms with Crippen molar-refractivity contribution in [2.24, 2.45) is 0 Å². The summed E-state index contributed by atoms with van der Waals surface area (Å²) in [6.07, 6.45) is 0.804. The molecular formula is C30H34N2O3. The van der Waals surface area contributed by atoms with E-state index in [0.29, 0.717) is 5.56 Å². The first kappa shape index (κ1) is 24.5. The highest BCUT2D eigenvalue weighted by molar-refractivity contribution is 5.94. The number of carbonyl (C=O) groups is 2. The SMILES string of the molecule is COC(=O)c1ccc(-c2ccc3c(c2)[C@H](Nc2ccc(C(C)(C)C)cc2)C[C@H](C)N3C(C)=O)cc1. The minimum absolute atomic E-state index is 0.0434. The Morgan fingerprint density at radius 2 is 1.57 bits per heavy atom. The topological polar surface area (TPSA) is 58.6 Å². The average Bonchev–Trinajstić information content (AvgIpc) is 2.83. The number of rotatable bonds is 4. The van der Waals surface area contributed by atoms with Crippen molar-refractivity contribution in [2.75, 3.05) is 17.3 Å². The average molecular weight is 471 g/mol. The van der Waals surface area contributed by atoms with Crippen molar-refractivity contribution in [3.63, 3.8) is 0 Å². The van der Waals surface area contributed by atoms with Crippen LogP contribution in [-0.4, -0.2) is 25.0 Å². The van der Waals surface area contributed by atoms with Crippen LogP contribution in [0.25, 0.3) is 11.1 Å². The van der Waals surface area contributed by atoms with Gasteiger partial charge in [-0.15, -0.1) is 0 Å². The standard InChI is InChI=1S/C30H34N2O3/c1-19-17-27(31-25-14-12-24(13-15-25)30(3,4)5)26-18-23(11-16-28(26)32(19)20(2)33)21-7-9-22(10-8-21)29(34)35-6/h7-16,18-19,27,31H,17H2,1-6H3/t19-,27+/m0/s1. The molecule has 5 heteroatoms. The van der Waals surface area contributed by atoms with Crippen LogP contribution in [0, 0.1) is 0 Å². The largest absolute Gasteiger partial charge is 0.465 e. The lowest BCUT2D eigenvalue weighted by Gasteiger charge is -2.40. The van der Waals surface area contributed by atoms with Crippen molar-refractivity contribution in [1.82, 2.24) is 0 Å². The summed E-state index contributed by atoms with van der Waals surface area (Å²) in [6, 6.07) is 22.4. The van der Waals surface area contributed by atoms with Gasteiger partial charge in [-0.05, 0) is 77.4 Å². The van der Waals surface area contributed by atoms with Crippen LogP contribution in [0.2, 0.25) is 0 Å². The second-order valence-electron chi connectivity index (χ2n) is 10.3. The summed E-state index contributed by atoms with van der Waals surface area (Å²) in [5.74, 6) is -0.309. The Balaban J connectivity index is 1.70. The second-order valence-corrected chi connectivity index (χ2v) is 10.3. The van der Waals surface area contributed by atoms with Gasteiger partial charge in [0.15, 0.2) is 0 Å². The molecule has 1 amide bonds. The number of nitrogens with one attached hydrogen (secondary N) is 1. The summed E-state index contributed by atoms with van der Waals surface area (Å²) in [5, 5.41) is 3.72. The second kappa shape index (κ2) is 9.57. The van der Waals surface area contributed by atoms with Crippen molar-refractivity contribution >= 4 is 23.3 Å². The molecule has 1 aliphatic heterocycles. The molecular weight excluding hydrogens is 436 g/mol. The van der Waals surface area contributed by atoms with Crippen molar-refractivity contribution in [1.29, 1.82) is 0 Å². The first-order valence-electron chi connectivity index (χ1n) is 12.1. The molecule has 4 rings (SSSR count). The smallest absolute Gasteiger partial charge is 0.337 e. The predicted octanol–water partition coefficient (Wildman–Crippen LogP) is 6.74. The first-order chi connectivity index (χ1) is 16.6. The van der Waals surface area contributed by atoms with Gasteiger partial charge in [0.1, 0.15) is 0 Å². The monoisotopic (exact) mass is 470 g/mol. The summed E-state index contributed by atoms with van der Waals surface area (Å²) in [4.78, 5) is 26.2. The van der Waals surface area contributed by atoms with Crippen LogP contribution in [0.3, 0.4) is 0 Å². The van der Waals surface area contributed by atoms with Crippen LogP contribution in [0.15, 0.2) is 66.7 Å². The zero-order valence-electron chi connectivity index (χ0n) is 21.4. The van der Waals surface area contributed by atoms with Crippen molar-refractivity contribution in [3.05, 3.63) is 83.4 Å². The van der Waals surface area contributed by atoms with Crippen molar-refractivity contribution in [2.45, 2.75) is 58.5 Å². The maximum Gasteiger partial charge on any atom is 0.337 e. The van der Waals surface area contributed by atoms with Gasteiger partial charge in [0.2, 0.25) is 5.91 Å². The zero-order valence-corrected chi connectivity index (χ0v) is 21.4. The van der Waals surface area contributed by atoms with Gasteiger partial charge in [-0.3, -0.25) is 4.79 Å². The Labute approximate surface area is 208 Å². The summed E-state index contributed by atoms with van der Waals surface area (Å²) in [5.41, 5.74) is 7.04. The molecule has 35 heavy (non-hydrogen) atoms. The molecule has 3 aromatic carbocycles. The number of benzene rings is 3. The lowest BCUT2D eigenvalue weighted by atomic mass is 9.86. The third-order valence-corrected chi connectivity index (χ3v) is 6.75. The van der Waals surface area contributed by atoms with Gasteiger partial charge in [0.25, 0.3) is 0 Å². The number of esters is 1. The molecule has 0 fully saturated rings. The van der Waals surface area contributed by atoms with Gasteiger partial charge in [-0.1, -0.05) is 51.1 Å². The van der Waals surface area contributed by atoms with E-state index in [4.69, 9.17) is 4.74 Å². The minimum atomic E-state index is -0.352. The van der Waals surface area contributed by atoms with E-state index in [1.807, 2.05) is 29.2 Å². The summed E-state index contributed by atoms with van der Waals surface area (Å²) in [7, 11) is 1.38. The Morgan fingerprint density at radius 3 is 2.14 bits per heavy atom. The van der Waals surface area contributed by atoms with Crippen LogP contribution in [0.4, 0.5) is 11.4 Å². The minimum Gasteiger partial charge on any atom is -0.465 e. The molecule has 3 aromatic rings. The van der Waals surface area contributed by atoms with Crippen molar-refractivity contribution in [3.8, 4) is 11.1 Å². The molecule has 0 aromatic heterocycles. The summed E-state index contributed by atoms with van der Waals surface area (Å²) in [6.45, 7) is 10.4. The Morgan fingerprint density at radius 1 is 0.943 bits per heavy atom. The van der Waals surface area contributed by atoms with Crippen molar-refractivity contribution < 1.29 is 14.3 Å². The Hall–Kier alpha value is -3.60. The fourth-order valence-corrected chi connectivity index (χ4v) is 4.84. The number of hydrogen-bond donors (Lipinski definition) is 1. The maximum atomic E-state index is 12.5. The lowest BCUT2D eigenvalue weighted by Crippen LogP contribution is -2.43. The Kier molecular flexibility index (Phi) is 6.70. The molecule has 1 heterocycles. The van der Waals surface area contributed by atoms with Gasteiger partial charge in [0, 0.05) is 24.3 Å². The molecule has 5 nitrogen and oxygen atoms in total. The number of amides is 1.